The molecule has 0 saturated carbocycles. The van der Waals surface area contributed by atoms with Crippen LogP contribution in [0, 0.1) is 6.92 Å². The average molecular weight is 534 g/mol. The van der Waals surface area contributed by atoms with Gasteiger partial charge < -0.3 is 24.3 Å². The SMILES string of the molecule is Cc1cc(-c2nc(C(=O)Nc3cc4sc(N5C[C@@H](C)O[C@@H](C)C5)nc4nc3N3CCCCC3)co2)ccn1. The third-order valence-electron chi connectivity index (χ3n) is 6.83. The molecule has 0 aliphatic carbocycles. The van der Waals surface area contributed by atoms with E-state index in [1.165, 1.54) is 12.7 Å². The van der Waals surface area contributed by atoms with E-state index in [1.807, 2.05) is 25.1 Å². The van der Waals surface area contributed by atoms with Crippen LogP contribution in [0.15, 0.2) is 35.1 Å². The van der Waals surface area contributed by atoms with Gasteiger partial charge in [-0.05, 0) is 58.2 Å². The number of oxazole rings is 1. The van der Waals surface area contributed by atoms with Crippen LogP contribution < -0.4 is 15.1 Å². The standard InChI is InChI=1S/C27H31N7O3S/c1-16-11-19(7-8-28-16)26-30-21(15-36-26)25(35)29-20-12-22-23(31-24(20)33-9-5-4-6-10-33)32-27(38-22)34-13-17(2)37-18(3)14-34/h7-8,11-12,15,17-18H,4-6,9-10,13-14H2,1-3H3,(H,29,35)/t17-,18+. The number of rotatable bonds is 5. The van der Waals surface area contributed by atoms with E-state index >= 15 is 0 Å². The number of morpholine rings is 1. The first-order valence-electron chi connectivity index (χ1n) is 13.1. The predicted octanol–water partition coefficient (Wildman–Crippen LogP) is 4.91. The van der Waals surface area contributed by atoms with Crippen molar-refractivity contribution in [3.63, 3.8) is 0 Å². The van der Waals surface area contributed by atoms with Gasteiger partial charge in [0.1, 0.15) is 6.26 Å². The highest BCUT2D eigenvalue weighted by Gasteiger charge is 2.26. The molecule has 6 rings (SSSR count). The highest BCUT2D eigenvalue weighted by atomic mass is 32.1. The lowest BCUT2D eigenvalue weighted by Crippen LogP contribution is -2.45. The quantitative estimate of drug-likeness (QED) is 0.383. The third-order valence-corrected chi connectivity index (χ3v) is 7.88. The highest BCUT2D eigenvalue weighted by molar-refractivity contribution is 7.22. The number of aryl methyl sites for hydroxylation is 1. The molecule has 38 heavy (non-hydrogen) atoms. The van der Waals surface area contributed by atoms with E-state index in [4.69, 9.17) is 19.1 Å². The van der Waals surface area contributed by atoms with Gasteiger partial charge in [0.05, 0.1) is 22.6 Å². The number of thiazole rings is 1. The van der Waals surface area contributed by atoms with Gasteiger partial charge in [0.25, 0.3) is 5.91 Å². The van der Waals surface area contributed by atoms with Crippen molar-refractivity contribution in [2.45, 2.75) is 52.2 Å². The summed E-state index contributed by atoms with van der Waals surface area (Å²) < 4.78 is 12.4. The second kappa shape index (κ2) is 10.3. The highest BCUT2D eigenvalue weighted by Crippen LogP contribution is 2.36. The largest absolute Gasteiger partial charge is 0.444 e. The number of piperidine rings is 1. The Morgan fingerprint density at radius 2 is 1.84 bits per heavy atom. The van der Waals surface area contributed by atoms with Gasteiger partial charge in [-0.1, -0.05) is 11.3 Å². The molecule has 0 spiro atoms. The maximum Gasteiger partial charge on any atom is 0.277 e. The average Bonchev–Trinajstić information content (AvgIpc) is 3.56. The van der Waals surface area contributed by atoms with Crippen molar-refractivity contribution in [2.24, 2.45) is 0 Å². The van der Waals surface area contributed by atoms with Gasteiger partial charge >= 0.3 is 0 Å². The van der Waals surface area contributed by atoms with Gasteiger partial charge in [0, 0.05) is 43.6 Å². The zero-order valence-corrected chi connectivity index (χ0v) is 22.6. The molecular weight excluding hydrogens is 502 g/mol. The Balaban J connectivity index is 1.31. The molecule has 0 aromatic carbocycles. The van der Waals surface area contributed by atoms with Crippen LogP contribution in [0.1, 0.15) is 49.3 Å². The molecule has 2 aliphatic heterocycles. The molecule has 2 aliphatic rings. The van der Waals surface area contributed by atoms with Crippen LogP contribution >= 0.6 is 11.3 Å². The number of carbonyl (C=O) groups is 1. The van der Waals surface area contributed by atoms with E-state index in [0.29, 0.717) is 17.2 Å². The van der Waals surface area contributed by atoms with E-state index in [9.17, 15) is 4.79 Å². The molecule has 2 fully saturated rings. The zero-order valence-electron chi connectivity index (χ0n) is 21.8. The number of amides is 1. The van der Waals surface area contributed by atoms with Crippen molar-refractivity contribution in [3.05, 3.63) is 42.0 Å². The second-order valence-electron chi connectivity index (χ2n) is 10.1. The predicted molar refractivity (Wildman–Crippen MR) is 148 cm³/mol. The zero-order chi connectivity index (χ0) is 26.2. The summed E-state index contributed by atoms with van der Waals surface area (Å²) in [6, 6.07) is 5.67. The van der Waals surface area contributed by atoms with Gasteiger partial charge in [-0.2, -0.15) is 4.98 Å². The van der Waals surface area contributed by atoms with Crippen molar-refractivity contribution >= 4 is 44.2 Å². The van der Waals surface area contributed by atoms with Crippen molar-refractivity contribution in [1.29, 1.82) is 0 Å². The Morgan fingerprint density at radius 1 is 1.05 bits per heavy atom. The first-order chi connectivity index (χ1) is 18.4. The lowest BCUT2D eigenvalue weighted by Gasteiger charge is -2.35. The fraction of sp³-hybridized carbons (Fsp3) is 0.444. The molecule has 1 N–H and O–H groups in total. The van der Waals surface area contributed by atoms with E-state index in [2.05, 4.69) is 38.9 Å². The summed E-state index contributed by atoms with van der Waals surface area (Å²) in [6.07, 6.45) is 6.75. The Bertz CT molecular complexity index is 1450. The molecule has 6 heterocycles. The lowest BCUT2D eigenvalue weighted by molar-refractivity contribution is -0.00522. The molecule has 11 heteroatoms. The molecule has 198 valence electrons. The summed E-state index contributed by atoms with van der Waals surface area (Å²) in [4.78, 5) is 36.3. The number of hydrogen-bond acceptors (Lipinski definition) is 10. The summed E-state index contributed by atoms with van der Waals surface area (Å²) >= 11 is 1.59. The number of fused-ring (bicyclic) bond motifs is 1. The molecule has 2 atom stereocenters. The van der Waals surface area contributed by atoms with Crippen LogP contribution in [-0.2, 0) is 4.74 Å². The van der Waals surface area contributed by atoms with Gasteiger partial charge in [-0.15, -0.1) is 0 Å². The van der Waals surface area contributed by atoms with E-state index < -0.39 is 0 Å². The Morgan fingerprint density at radius 3 is 2.61 bits per heavy atom. The maximum absolute atomic E-state index is 13.3. The number of hydrogen-bond donors (Lipinski definition) is 1. The minimum atomic E-state index is -0.342. The molecule has 4 aromatic rings. The van der Waals surface area contributed by atoms with Crippen LogP contribution in [0.5, 0.6) is 0 Å². The summed E-state index contributed by atoms with van der Waals surface area (Å²) in [5.41, 5.74) is 3.19. The van der Waals surface area contributed by atoms with Gasteiger partial charge in [-0.25, -0.2) is 9.97 Å². The maximum atomic E-state index is 13.3. The monoisotopic (exact) mass is 533 g/mol. The summed E-state index contributed by atoms with van der Waals surface area (Å²) in [5, 5.41) is 3.99. The molecule has 1 amide bonds. The Kier molecular flexibility index (Phi) is 6.71. The number of carbonyl (C=O) groups excluding carboxylic acids is 1. The van der Waals surface area contributed by atoms with Crippen LogP contribution in [0.3, 0.4) is 0 Å². The summed E-state index contributed by atoms with van der Waals surface area (Å²) in [7, 11) is 0. The molecule has 0 bridgehead atoms. The smallest absolute Gasteiger partial charge is 0.277 e. The number of nitrogens with one attached hydrogen (secondary N) is 1. The fourth-order valence-corrected chi connectivity index (χ4v) is 6.09. The Hall–Kier alpha value is -3.57. The van der Waals surface area contributed by atoms with E-state index in [-0.39, 0.29) is 23.8 Å². The summed E-state index contributed by atoms with van der Waals surface area (Å²) in [6.45, 7) is 9.44. The van der Waals surface area contributed by atoms with E-state index in [1.54, 1.807) is 17.5 Å². The first kappa shape index (κ1) is 24.7. The number of pyridine rings is 2. The van der Waals surface area contributed by atoms with E-state index in [0.717, 1.165) is 65.9 Å². The molecule has 2 saturated heterocycles. The normalized spacial score (nSPS) is 20.2. The number of nitrogens with zero attached hydrogens (tertiary/aromatic N) is 6. The number of aromatic nitrogens is 4. The summed E-state index contributed by atoms with van der Waals surface area (Å²) in [5.74, 6) is 0.789. The number of ether oxygens (including phenoxy) is 1. The molecule has 10 nitrogen and oxygen atoms in total. The van der Waals surface area contributed by atoms with Crippen LogP contribution in [0.2, 0.25) is 0 Å². The van der Waals surface area contributed by atoms with Crippen LogP contribution in [0.25, 0.3) is 21.8 Å². The number of anilines is 3. The van der Waals surface area contributed by atoms with Gasteiger partial charge in [0.2, 0.25) is 5.89 Å². The fourth-order valence-electron chi connectivity index (χ4n) is 5.13. The molecular formula is C27H31N7O3S. The van der Waals surface area contributed by atoms with Crippen molar-refractivity contribution in [3.8, 4) is 11.5 Å². The van der Waals surface area contributed by atoms with Crippen molar-refractivity contribution in [1.82, 2.24) is 19.9 Å². The third kappa shape index (κ3) is 5.08. The van der Waals surface area contributed by atoms with Crippen molar-refractivity contribution < 1.29 is 13.9 Å². The topological polar surface area (TPSA) is 110 Å². The molecule has 0 unspecified atom stereocenters. The second-order valence-corrected chi connectivity index (χ2v) is 11.1. The van der Waals surface area contributed by atoms with Crippen LogP contribution in [-0.4, -0.2) is 64.2 Å². The lowest BCUT2D eigenvalue weighted by atomic mass is 10.1. The minimum absolute atomic E-state index is 0.140. The molecule has 4 aromatic heterocycles. The van der Waals surface area contributed by atoms with Crippen LogP contribution in [0.4, 0.5) is 16.6 Å². The van der Waals surface area contributed by atoms with Gasteiger partial charge in [-0.3, -0.25) is 9.78 Å². The Labute approximate surface area is 225 Å². The van der Waals surface area contributed by atoms with Crippen molar-refractivity contribution in [2.75, 3.05) is 41.3 Å². The molecule has 0 radical (unpaired) electrons. The first-order valence-corrected chi connectivity index (χ1v) is 13.9. The van der Waals surface area contributed by atoms with Gasteiger partial charge in [0.15, 0.2) is 22.3 Å². The minimum Gasteiger partial charge on any atom is -0.444 e.